The minimum absolute atomic E-state index is 0.391. The van der Waals surface area contributed by atoms with Crippen LogP contribution in [0.15, 0.2) is 30.3 Å². The maximum Gasteiger partial charge on any atom is 0.163 e. The Morgan fingerprint density at radius 3 is 2.76 bits per heavy atom. The predicted octanol–water partition coefficient (Wildman–Crippen LogP) is 4.11. The molecule has 4 rings (SSSR count). The van der Waals surface area contributed by atoms with E-state index in [9.17, 15) is 5.11 Å². The van der Waals surface area contributed by atoms with Gasteiger partial charge in [0.05, 0.1) is 17.0 Å². The minimum atomic E-state index is -0.582. The molecule has 3 N–H and O–H groups in total. The number of benzene rings is 1. The number of hydrogen-bond acceptors (Lipinski definition) is 7. The normalized spacial score (nSPS) is 21.2. The van der Waals surface area contributed by atoms with Crippen LogP contribution in [0.25, 0.3) is 21.6 Å². The number of fused-ring (bicyclic) bond motifs is 1. The molecule has 0 amide bonds. The fraction of sp³-hybridized carbons (Fsp3) is 0.409. The summed E-state index contributed by atoms with van der Waals surface area (Å²) in [5.41, 5.74) is 7.51. The fourth-order valence-corrected chi connectivity index (χ4v) is 5.12. The zero-order chi connectivity index (χ0) is 20.5. The van der Waals surface area contributed by atoms with Crippen molar-refractivity contribution in [1.82, 2.24) is 14.9 Å². The Hall–Kier alpha value is -2.53. The lowest BCUT2D eigenvalue weighted by Gasteiger charge is -2.39. The first-order valence-corrected chi connectivity index (χ1v) is 10.8. The average molecular weight is 408 g/mol. The number of nitrogen functional groups attached to an aromatic ring is 1. The highest BCUT2D eigenvalue weighted by molar-refractivity contribution is 7.18. The number of nitriles is 1. The molecule has 1 aromatic carbocycles. The second kappa shape index (κ2) is 8.07. The summed E-state index contributed by atoms with van der Waals surface area (Å²) < 4.78 is 0. The van der Waals surface area contributed by atoms with Gasteiger partial charge in [-0.3, -0.25) is 4.90 Å². The van der Waals surface area contributed by atoms with Crippen molar-refractivity contribution >= 4 is 27.4 Å². The number of thiophene rings is 1. The Morgan fingerprint density at radius 2 is 2.03 bits per heavy atom. The summed E-state index contributed by atoms with van der Waals surface area (Å²) in [6.45, 7) is 5.08. The number of hydrogen-bond donors (Lipinski definition) is 2. The fourth-order valence-electron chi connectivity index (χ4n) is 4.11. The molecule has 2 aromatic heterocycles. The van der Waals surface area contributed by atoms with E-state index < -0.39 is 6.10 Å². The van der Waals surface area contributed by atoms with Crippen molar-refractivity contribution in [1.29, 1.82) is 5.26 Å². The third-order valence-corrected chi connectivity index (χ3v) is 6.91. The van der Waals surface area contributed by atoms with E-state index in [0.717, 1.165) is 20.7 Å². The molecule has 3 aromatic rings. The Balaban J connectivity index is 1.63. The van der Waals surface area contributed by atoms with E-state index in [1.54, 1.807) is 12.1 Å². The lowest BCUT2D eigenvalue weighted by molar-refractivity contribution is 0.0426. The first-order chi connectivity index (χ1) is 14.0. The Bertz CT molecular complexity index is 1060. The second-order valence-electron chi connectivity index (χ2n) is 7.83. The lowest BCUT2D eigenvalue weighted by atomic mass is 9.97. The Labute approximate surface area is 174 Å². The number of nitrogens with zero attached hydrogens (tertiary/aromatic N) is 4. The molecule has 0 radical (unpaired) electrons. The van der Waals surface area contributed by atoms with Gasteiger partial charge in [0.15, 0.2) is 5.82 Å². The van der Waals surface area contributed by atoms with Gasteiger partial charge in [-0.15, -0.1) is 11.3 Å². The van der Waals surface area contributed by atoms with Gasteiger partial charge >= 0.3 is 0 Å². The maximum absolute atomic E-state index is 10.9. The zero-order valence-electron chi connectivity index (χ0n) is 16.7. The molecule has 0 aliphatic carbocycles. The van der Waals surface area contributed by atoms with Gasteiger partial charge in [0.1, 0.15) is 16.8 Å². The standard InChI is InChI=1S/C22H25N5OS/c1-13-5-3-6-14(2)27(13)12-18(28)19-10-17-20(24)25-21(26-22(17)29-19)16-8-4-7-15(9-16)11-23/h4,7-10,13-14,18,28H,3,5-6,12H2,1-2H3,(H2,24,25,26)/t13-,14+,18?. The van der Waals surface area contributed by atoms with E-state index in [-0.39, 0.29) is 0 Å². The van der Waals surface area contributed by atoms with Gasteiger partial charge in [0.25, 0.3) is 0 Å². The number of aliphatic hydroxyl groups excluding tert-OH is 1. The molecule has 3 atom stereocenters. The zero-order valence-corrected chi connectivity index (χ0v) is 17.5. The van der Waals surface area contributed by atoms with Crippen LogP contribution in [0, 0.1) is 11.3 Å². The summed E-state index contributed by atoms with van der Waals surface area (Å²) >= 11 is 1.46. The minimum Gasteiger partial charge on any atom is -0.386 e. The van der Waals surface area contributed by atoms with E-state index in [1.165, 1.54) is 30.6 Å². The monoisotopic (exact) mass is 407 g/mol. The largest absolute Gasteiger partial charge is 0.386 e. The molecule has 6 nitrogen and oxygen atoms in total. The number of rotatable bonds is 4. The van der Waals surface area contributed by atoms with Crippen molar-refractivity contribution in [3.05, 3.63) is 40.8 Å². The number of likely N-dealkylation sites (tertiary alicyclic amines) is 1. The van der Waals surface area contributed by atoms with Gasteiger partial charge < -0.3 is 10.8 Å². The third-order valence-electron chi connectivity index (χ3n) is 5.78. The topological polar surface area (TPSA) is 99.1 Å². The molecule has 3 heterocycles. The second-order valence-corrected chi connectivity index (χ2v) is 8.90. The van der Waals surface area contributed by atoms with Crippen LogP contribution in [-0.4, -0.2) is 38.6 Å². The van der Waals surface area contributed by atoms with Gasteiger partial charge in [-0.25, -0.2) is 9.97 Å². The van der Waals surface area contributed by atoms with E-state index in [2.05, 4.69) is 34.8 Å². The smallest absolute Gasteiger partial charge is 0.163 e. The van der Waals surface area contributed by atoms with Crippen LogP contribution in [0.3, 0.4) is 0 Å². The molecular formula is C22H25N5OS. The maximum atomic E-state index is 10.9. The summed E-state index contributed by atoms with van der Waals surface area (Å²) in [5.74, 6) is 0.884. The van der Waals surface area contributed by atoms with Crippen LogP contribution in [0.5, 0.6) is 0 Å². The first kappa shape index (κ1) is 19.8. The number of aliphatic hydroxyl groups is 1. The molecule has 1 unspecified atom stereocenters. The summed E-state index contributed by atoms with van der Waals surface area (Å²) in [4.78, 5) is 13.1. The Kier molecular flexibility index (Phi) is 5.50. The Morgan fingerprint density at radius 1 is 1.28 bits per heavy atom. The van der Waals surface area contributed by atoms with Gasteiger partial charge in [0.2, 0.25) is 0 Å². The highest BCUT2D eigenvalue weighted by Gasteiger charge is 2.27. The molecule has 0 bridgehead atoms. The third kappa shape index (κ3) is 3.97. The lowest BCUT2D eigenvalue weighted by Crippen LogP contribution is -2.45. The van der Waals surface area contributed by atoms with Gasteiger partial charge in [0, 0.05) is 29.1 Å². The number of β-amino-alcohol motifs (C(OH)–C–C–N with tert-alkyl or cyclic N) is 1. The van der Waals surface area contributed by atoms with E-state index in [1.807, 2.05) is 18.2 Å². The van der Waals surface area contributed by atoms with Crippen molar-refractivity contribution in [2.45, 2.75) is 51.3 Å². The summed E-state index contributed by atoms with van der Waals surface area (Å²) in [6, 6.07) is 12.2. The molecule has 0 spiro atoms. The van der Waals surface area contributed by atoms with Crippen molar-refractivity contribution < 1.29 is 5.11 Å². The van der Waals surface area contributed by atoms with Crippen LogP contribution in [0.2, 0.25) is 0 Å². The van der Waals surface area contributed by atoms with Gasteiger partial charge in [-0.1, -0.05) is 18.6 Å². The quantitative estimate of drug-likeness (QED) is 0.675. The van der Waals surface area contributed by atoms with Gasteiger partial charge in [-0.2, -0.15) is 5.26 Å². The predicted molar refractivity (Wildman–Crippen MR) is 116 cm³/mol. The van der Waals surface area contributed by atoms with Crippen molar-refractivity contribution in [3.63, 3.8) is 0 Å². The van der Waals surface area contributed by atoms with Crippen LogP contribution in [0.1, 0.15) is 49.7 Å². The summed E-state index contributed by atoms with van der Waals surface area (Å²) in [7, 11) is 0. The molecule has 1 fully saturated rings. The van der Waals surface area contributed by atoms with E-state index in [4.69, 9.17) is 11.0 Å². The highest BCUT2D eigenvalue weighted by atomic mass is 32.1. The van der Waals surface area contributed by atoms with E-state index >= 15 is 0 Å². The molecule has 150 valence electrons. The molecule has 1 aliphatic heterocycles. The molecule has 1 aliphatic rings. The summed E-state index contributed by atoms with van der Waals surface area (Å²) in [5, 5.41) is 20.8. The van der Waals surface area contributed by atoms with Crippen molar-refractivity contribution in [2.24, 2.45) is 0 Å². The highest BCUT2D eigenvalue weighted by Crippen LogP contribution is 2.34. The van der Waals surface area contributed by atoms with Crippen molar-refractivity contribution in [3.8, 4) is 17.5 Å². The SMILES string of the molecule is C[C@@H]1CCC[C@H](C)N1CC(O)c1cc2c(N)nc(-c3cccc(C#N)c3)nc2s1. The average Bonchev–Trinajstić information content (AvgIpc) is 3.16. The number of aromatic nitrogens is 2. The molecule has 7 heteroatoms. The molecule has 29 heavy (non-hydrogen) atoms. The first-order valence-electron chi connectivity index (χ1n) is 9.97. The molecular weight excluding hydrogens is 382 g/mol. The molecule has 1 saturated heterocycles. The van der Waals surface area contributed by atoms with Crippen LogP contribution >= 0.6 is 11.3 Å². The van der Waals surface area contributed by atoms with E-state index in [0.29, 0.717) is 35.8 Å². The van der Waals surface area contributed by atoms with Crippen molar-refractivity contribution in [2.75, 3.05) is 12.3 Å². The molecule has 0 saturated carbocycles. The number of piperidine rings is 1. The van der Waals surface area contributed by atoms with Crippen LogP contribution in [0.4, 0.5) is 5.82 Å². The number of anilines is 1. The van der Waals surface area contributed by atoms with Crippen LogP contribution in [-0.2, 0) is 0 Å². The number of nitrogens with two attached hydrogens (primary N) is 1. The van der Waals surface area contributed by atoms with Crippen LogP contribution < -0.4 is 5.73 Å². The summed E-state index contributed by atoms with van der Waals surface area (Å²) in [6.07, 6.45) is 3.02. The van der Waals surface area contributed by atoms with Gasteiger partial charge in [-0.05, 0) is 44.9 Å².